The Balaban J connectivity index is 1.64. The van der Waals surface area contributed by atoms with Crippen molar-refractivity contribution in [2.75, 3.05) is 6.54 Å². The molecule has 1 aromatic carbocycles. The van der Waals surface area contributed by atoms with Crippen LogP contribution in [0.3, 0.4) is 0 Å². The Kier molecular flexibility index (Phi) is 4.46. The molecule has 8 heteroatoms. The van der Waals surface area contributed by atoms with Gasteiger partial charge in [0.25, 0.3) is 0 Å². The van der Waals surface area contributed by atoms with Crippen LogP contribution in [0, 0.1) is 24.0 Å². The minimum atomic E-state index is -0.329. The van der Waals surface area contributed by atoms with Crippen molar-refractivity contribution in [3.63, 3.8) is 0 Å². The number of rotatable bonds is 4. The number of nitro groups is 1. The van der Waals surface area contributed by atoms with Crippen LogP contribution in [0.25, 0.3) is 10.2 Å². The molecule has 2 aromatic heterocycles. The van der Waals surface area contributed by atoms with Gasteiger partial charge in [0, 0.05) is 6.42 Å². The fourth-order valence-electron chi connectivity index (χ4n) is 3.90. The van der Waals surface area contributed by atoms with E-state index in [0.29, 0.717) is 24.1 Å². The number of para-hydroxylation sites is 1. The molecule has 1 aliphatic heterocycles. The average molecular weight is 372 g/mol. The van der Waals surface area contributed by atoms with Gasteiger partial charge in [-0.1, -0.05) is 12.1 Å². The standard InChI is InChI=1S/C18H21N5O2S/c1-12-17(23(24)25)13(2)22(20-12)11-21-10-6-5-8-15(21)18-19-14-7-3-4-9-16(14)26-18/h3-4,7,9,15H,5-6,8,10-11H2,1-2H3/p+1/t15-/m1/s1. The summed E-state index contributed by atoms with van der Waals surface area (Å²) >= 11 is 1.77. The van der Waals surface area contributed by atoms with E-state index in [9.17, 15) is 10.1 Å². The van der Waals surface area contributed by atoms with E-state index in [0.717, 1.165) is 29.9 Å². The first kappa shape index (κ1) is 17.1. The molecule has 0 saturated carbocycles. The number of thiazole rings is 1. The molecule has 3 aromatic rings. The van der Waals surface area contributed by atoms with Crippen LogP contribution < -0.4 is 4.90 Å². The minimum absolute atomic E-state index is 0.137. The predicted molar refractivity (Wildman–Crippen MR) is 100 cm³/mol. The molecule has 7 nitrogen and oxygen atoms in total. The van der Waals surface area contributed by atoms with Gasteiger partial charge in [-0.25, -0.2) is 9.67 Å². The molecule has 0 aliphatic carbocycles. The number of benzene rings is 1. The van der Waals surface area contributed by atoms with Crippen molar-refractivity contribution in [1.29, 1.82) is 0 Å². The second-order valence-electron chi connectivity index (χ2n) is 6.91. The monoisotopic (exact) mass is 372 g/mol. The molecule has 1 N–H and O–H groups in total. The van der Waals surface area contributed by atoms with E-state index in [1.807, 2.05) is 12.1 Å². The Hall–Kier alpha value is -2.32. The number of piperidine rings is 1. The van der Waals surface area contributed by atoms with Crippen molar-refractivity contribution >= 4 is 27.2 Å². The molecule has 1 aliphatic rings. The number of quaternary nitrogens is 1. The van der Waals surface area contributed by atoms with Gasteiger partial charge >= 0.3 is 5.69 Å². The lowest BCUT2D eigenvalue weighted by molar-refractivity contribution is -0.959. The SMILES string of the molecule is Cc1nn(C[NH+]2CCCC[C@@H]2c2nc3ccccc3s2)c(C)c1[N+](=O)[O-]. The summed E-state index contributed by atoms with van der Waals surface area (Å²) in [5.41, 5.74) is 2.31. The lowest BCUT2D eigenvalue weighted by atomic mass is 10.0. The number of nitrogens with one attached hydrogen (secondary N) is 1. The van der Waals surface area contributed by atoms with E-state index in [-0.39, 0.29) is 10.6 Å². The van der Waals surface area contributed by atoms with Gasteiger partial charge in [0.05, 0.1) is 21.7 Å². The topological polar surface area (TPSA) is 78.3 Å². The Labute approximate surface area is 155 Å². The molecule has 2 atom stereocenters. The van der Waals surface area contributed by atoms with E-state index >= 15 is 0 Å². The summed E-state index contributed by atoms with van der Waals surface area (Å²) in [5, 5.41) is 16.9. The number of nitrogens with zero attached hydrogens (tertiary/aromatic N) is 4. The van der Waals surface area contributed by atoms with Crippen LogP contribution in [-0.4, -0.2) is 26.2 Å². The molecule has 26 heavy (non-hydrogen) atoms. The van der Waals surface area contributed by atoms with Gasteiger partial charge in [0.2, 0.25) is 0 Å². The third-order valence-electron chi connectivity index (χ3n) is 5.22. The van der Waals surface area contributed by atoms with Crippen LogP contribution >= 0.6 is 11.3 Å². The van der Waals surface area contributed by atoms with E-state index < -0.39 is 0 Å². The van der Waals surface area contributed by atoms with Gasteiger partial charge < -0.3 is 4.90 Å². The summed E-state index contributed by atoms with van der Waals surface area (Å²) in [6.45, 7) is 5.17. The van der Waals surface area contributed by atoms with Crippen LogP contribution in [0.4, 0.5) is 5.69 Å². The molecule has 0 bridgehead atoms. The zero-order valence-corrected chi connectivity index (χ0v) is 15.8. The van der Waals surface area contributed by atoms with Crippen molar-refractivity contribution < 1.29 is 9.82 Å². The Bertz CT molecular complexity index is 931. The highest BCUT2D eigenvalue weighted by atomic mass is 32.1. The number of aryl methyl sites for hydroxylation is 1. The van der Waals surface area contributed by atoms with Gasteiger partial charge in [-0.3, -0.25) is 10.1 Å². The van der Waals surface area contributed by atoms with Crippen molar-refractivity contribution in [2.24, 2.45) is 0 Å². The quantitative estimate of drug-likeness (QED) is 0.564. The highest BCUT2D eigenvalue weighted by molar-refractivity contribution is 7.18. The summed E-state index contributed by atoms with van der Waals surface area (Å²) in [7, 11) is 0. The fourth-order valence-corrected chi connectivity index (χ4v) is 5.06. The van der Waals surface area contributed by atoms with E-state index in [2.05, 4.69) is 17.2 Å². The molecular weight excluding hydrogens is 350 g/mol. The van der Waals surface area contributed by atoms with Crippen LogP contribution in [0.5, 0.6) is 0 Å². The van der Waals surface area contributed by atoms with Crippen molar-refractivity contribution in [3.8, 4) is 0 Å². The number of hydrogen-bond donors (Lipinski definition) is 1. The summed E-state index contributed by atoms with van der Waals surface area (Å²) < 4.78 is 3.02. The highest BCUT2D eigenvalue weighted by Crippen LogP contribution is 2.29. The van der Waals surface area contributed by atoms with E-state index in [4.69, 9.17) is 4.98 Å². The molecule has 136 valence electrons. The van der Waals surface area contributed by atoms with E-state index in [1.54, 1.807) is 29.9 Å². The molecule has 4 rings (SSSR count). The molecule has 0 amide bonds. The van der Waals surface area contributed by atoms with Crippen LogP contribution in [0.2, 0.25) is 0 Å². The second kappa shape index (κ2) is 6.77. The maximum atomic E-state index is 11.3. The summed E-state index contributed by atoms with van der Waals surface area (Å²) in [6.07, 6.45) is 3.45. The first-order valence-corrected chi connectivity index (χ1v) is 9.74. The molecule has 1 saturated heterocycles. The van der Waals surface area contributed by atoms with Crippen LogP contribution in [0.15, 0.2) is 24.3 Å². The fraction of sp³-hybridized carbons (Fsp3) is 0.444. The van der Waals surface area contributed by atoms with Gasteiger partial charge in [0.1, 0.15) is 17.4 Å². The van der Waals surface area contributed by atoms with Crippen molar-refractivity contribution in [3.05, 3.63) is 50.8 Å². The van der Waals surface area contributed by atoms with Crippen LogP contribution in [0.1, 0.15) is 41.7 Å². The van der Waals surface area contributed by atoms with Crippen molar-refractivity contribution in [2.45, 2.75) is 45.8 Å². The summed E-state index contributed by atoms with van der Waals surface area (Å²) in [4.78, 5) is 17.2. The van der Waals surface area contributed by atoms with Gasteiger partial charge in [-0.05, 0) is 38.8 Å². The second-order valence-corrected chi connectivity index (χ2v) is 7.97. The maximum Gasteiger partial charge on any atom is 0.312 e. The largest absolute Gasteiger partial charge is 0.312 e. The van der Waals surface area contributed by atoms with Gasteiger partial charge in [0.15, 0.2) is 11.7 Å². The minimum Gasteiger partial charge on any atom is -0.308 e. The summed E-state index contributed by atoms with van der Waals surface area (Å²) in [6, 6.07) is 8.56. The average Bonchev–Trinajstić information content (AvgIpc) is 3.16. The molecule has 1 fully saturated rings. The molecule has 0 spiro atoms. The number of fused-ring (bicyclic) bond motifs is 1. The molecule has 1 unspecified atom stereocenters. The number of hydrogen-bond acceptors (Lipinski definition) is 5. The Morgan fingerprint density at radius 3 is 2.88 bits per heavy atom. The van der Waals surface area contributed by atoms with E-state index in [1.165, 1.54) is 16.0 Å². The normalized spacial score (nSPS) is 20.5. The highest BCUT2D eigenvalue weighted by Gasteiger charge is 2.32. The maximum absolute atomic E-state index is 11.3. The first-order chi connectivity index (χ1) is 12.5. The smallest absolute Gasteiger partial charge is 0.308 e. The zero-order valence-electron chi connectivity index (χ0n) is 14.9. The number of likely N-dealkylation sites (tertiary alicyclic amines) is 1. The van der Waals surface area contributed by atoms with Gasteiger partial charge in [-0.2, -0.15) is 5.10 Å². The van der Waals surface area contributed by atoms with Crippen LogP contribution in [-0.2, 0) is 6.67 Å². The predicted octanol–water partition coefficient (Wildman–Crippen LogP) is 2.79. The zero-order chi connectivity index (χ0) is 18.3. The van der Waals surface area contributed by atoms with Gasteiger partial charge in [-0.15, -0.1) is 11.3 Å². The molecule has 0 radical (unpaired) electrons. The van der Waals surface area contributed by atoms with Crippen molar-refractivity contribution in [1.82, 2.24) is 14.8 Å². The Morgan fingerprint density at radius 2 is 2.15 bits per heavy atom. The Morgan fingerprint density at radius 1 is 1.35 bits per heavy atom. The lowest BCUT2D eigenvalue weighted by Crippen LogP contribution is -3.12. The lowest BCUT2D eigenvalue weighted by Gasteiger charge is -2.31. The third-order valence-corrected chi connectivity index (χ3v) is 6.37. The number of aromatic nitrogens is 3. The summed E-state index contributed by atoms with van der Waals surface area (Å²) in [5.74, 6) is 0. The first-order valence-electron chi connectivity index (χ1n) is 8.93. The third kappa shape index (κ3) is 2.99. The molecule has 3 heterocycles. The molecular formula is C18H22N5O2S+.